The van der Waals surface area contributed by atoms with Crippen molar-refractivity contribution in [2.24, 2.45) is 5.41 Å². The molecule has 0 saturated carbocycles. The molecule has 2 aromatic rings. The van der Waals surface area contributed by atoms with Gasteiger partial charge in [0.05, 0.1) is 7.11 Å². The van der Waals surface area contributed by atoms with Crippen molar-refractivity contribution in [2.75, 3.05) is 7.11 Å². The highest BCUT2D eigenvalue weighted by Gasteiger charge is 2.36. The molecule has 9 heteroatoms. The maximum Gasteiger partial charge on any atom is 0.328 e. The average molecular weight is 560 g/mol. The van der Waals surface area contributed by atoms with E-state index in [9.17, 15) is 19.5 Å². The first-order valence-corrected chi connectivity index (χ1v) is 12.9. The fourth-order valence-corrected chi connectivity index (χ4v) is 5.09. The van der Waals surface area contributed by atoms with Gasteiger partial charge in [-0.15, -0.1) is 0 Å². The van der Waals surface area contributed by atoms with Gasteiger partial charge in [0.25, 0.3) is 0 Å². The van der Waals surface area contributed by atoms with E-state index < -0.39 is 29.3 Å². The summed E-state index contributed by atoms with van der Waals surface area (Å²) in [6, 6.07) is 11.4. The fraction of sp³-hybridized carbons (Fsp3) is 0.345. The molecule has 1 amide bonds. The van der Waals surface area contributed by atoms with Crippen LogP contribution >= 0.6 is 23.2 Å². The minimum atomic E-state index is -1.06. The molecule has 0 heterocycles. The molecular weight excluding hydrogens is 529 g/mol. The Morgan fingerprint density at radius 1 is 1.11 bits per heavy atom. The minimum Gasteiger partial charge on any atom is -0.489 e. The fourth-order valence-electron chi connectivity index (χ4n) is 4.58. The van der Waals surface area contributed by atoms with Crippen LogP contribution in [0.2, 0.25) is 10.0 Å². The molecule has 0 radical (unpaired) electrons. The number of benzene rings is 2. The van der Waals surface area contributed by atoms with Gasteiger partial charge in [-0.3, -0.25) is 4.79 Å². The van der Waals surface area contributed by atoms with Crippen LogP contribution in [-0.4, -0.2) is 36.1 Å². The third kappa shape index (κ3) is 7.17. The summed E-state index contributed by atoms with van der Waals surface area (Å²) in [5.41, 5.74) is 2.66. The summed E-state index contributed by atoms with van der Waals surface area (Å²) in [5, 5.41) is 13.1. The summed E-state index contributed by atoms with van der Waals surface area (Å²) in [6.45, 7) is 5.81. The largest absolute Gasteiger partial charge is 0.489 e. The Balaban J connectivity index is 1.75. The number of carboxylic acids is 1. The van der Waals surface area contributed by atoms with Crippen molar-refractivity contribution < 1.29 is 29.0 Å². The average Bonchev–Trinajstić information content (AvgIpc) is 2.85. The van der Waals surface area contributed by atoms with E-state index in [0.29, 0.717) is 50.9 Å². The van der Waals surface area contributed by atoms with Crippen LogP contribution in [0.25, 0.3) is 0 Å². The highest BCUT2D eigenvalue weighted by atomic mass is 35.5. The summed E-state index contributed by atoms with van der Waals surface area (Å²) in [5.74, 6) is -1.48. The molecule has 0 spiro atoms. The van der Waals surface area contributed by atoms with Crippen molar-refractivity contribution in [3.8, 4) is 5.75 Å². The molecule has 38 heavy (non-hydrogen) atoms. The molecule has 2 aromatic carbocycles. The third-order valence-corrected chi connectivity index (χ3v) is 7.38. The van der Waals surface area contributed by atoms with Gasteiger partial charge in [0.2, 0.25) is 5.91 Å². The molecule has 2 N–H and O–H groups in total. The zero-order valence-corrected chi connectivity index (χ0v) is 23.3. The predicted octanol–water partition coefficient (Wildman–Crippen LogP) is 5.92. The van der Waals surface area contributed by atoms with Crippen LogP contribution in [-0.2, 0) is 32.1 Å². The molecule has 3 rings (SSSR count). The Hall–Kier alpha value is -3.29. The van der Waals surface area contributed by atoms with Gasteiger partial charge in [0.1, 0.15) is 18.4 Å². The number of rotatable bonds is 9. The number of carboxylic acid groups (broad SMARTS) is 1. The quantitative estimate of drug-likeness (QED) is 0.292. The molecule has 0 saturated heterocycles. The first-order valence-electron chi connectivity index (χ1n) is 12.1. The molecule has 0 unspecified atom stereocenters. The lowest BCUT2D eigenvalue weighted by Crippen LogP contribution is -2.46. The molecule has 202 valence electrons. The Morgan fingerprint density at radius 2 is 1.74 bits per heavy atom. The van der Waals surface area contributed by atoms with Gasteiger partial charge in [-0.1, -0.05) is 55.2 Å². The first kappa shape index (κ1) is 29.3. The third-order valence-electron chi connectivity index (χ3n) is 6.68. The number of hydrogen-bond acceptors (Lipinski definition) is 5. The van der Waals surface area contributed by atoms with Crippen LogP contribution in [0, 0.1) is 5.41 Å². The molecule has 1 atom stereocenters. The monoisotopic (exact) mass is 559 g/mol. The van der Waals surface area contributed by atoms with Gasteiger partial charge in [0, 0.05) is 33.7 Å². The van der Waals surface area contributed by atoms with E-state index in [1.807, 2.05) is 13.8 Å². The summed E-state index contributed by atoms with van der Waals surface area (Å²) in [6.07, 6.45) is 2.49. The lowest BCUT2D eigenvalue weighted by atomic mass is 9.70. The number of hydrogen-bond donors (Lipinski definition) is 2. The van der Waals surface area contributed by atoms with E-state index in [2.05, 4.69) is 5.32 Å². The lowest BCUT2D eigenvalue weighted by Gasteiger charge is -2.35. The number of nitrogens with one attached hydrogen (secondary N) is 1. The van der Waals surface area contributed by atoms with Gasteiger partial charge in [-0.25, -0.2) is 9.59 Å². The van der Waals surface area contributed by atoms with Crippen molar-refractivity contribution in [1.82, 2.24) is 5.32 Å². The molecule has 0 aromatic heterocycles. The number of carbonyl (C=O) groups is 3. The molecule has 0 bridgehead atoms. The van der Waals surface area contributed by atoms with Crippen molar-refractivity contribution >= 4 is 41.0 Å². The maximum absolute atomic E-state index is 13.4. The van der Waals surface area contributed by atoms with Gasteiger partial charge >= 0.3 is 11.9 Å². The van der Waals surface area contributed by atoms with Crippen LogP contribution in [0.15, 0.2) is 65.3 Å². The first-order chi connectivity index (χ1) is 17.9. The standard InChI is InChI=1S/C29H31Cl2NO6/c1-17-19(15-25(33)34)12-13-29(2,3)26(17)27(35)32-24(28(36)37-4)14-18-8-10-20(11-9-18)38-16-21-22(30)6-5-7-23(21)31/h5-11,15,24H,12-14,16H2,1-4H3,(H,32,35)(H,33,34)/b19-15+/t24-/m0/s1. The molecular formula is C29H31Cl2NO6. The topological polar surface area (TPSA) is 102 Å². The normalized spacial score (nSPS) is 16.6. The second-order valence-electron chi connectivity index (χ2n) is 9.78. The van der Waals surface area contributed by atoms with Crippen LogP contribution < -0.4 is 10.1 Å². The minimum absolute atomic E-state index is 0.194. The summed E-state index contributed by atoms with van der Waals surface area (Å²) < 4.78 is 10.8. The second-order valence-corrected chi connectivity index (χ2v) is 10.6. The Bertz CT molecular complexity index is 1260. The van der Waals surface area contributed by atoms with Gasteiger partial charge in [-0.05, 0) is 66.2 Å². The Labute approximate surface area is 232 Å². The Kier molecular flexibility index (Phi) is 9.63. The highest BCUT2D eigenvalue weighted by Crippen LogP contribution is 2.42. The zero-order chi connectivity index (χ0) is 28.0. The SMILES string of the molecule is COC(=O)[C@H](Cc1ccc(OCc2c(Cl)cccc2Cl)cc1)NC(=O)C1=C(C)/C(=C/C(=O)O)CCC1(C)C. The van der Waals surface area contributed by atoms with Crippen LogP contribution in [0.3, 0.4) is 0 Å². The molecule has 7 nitrogen and oxygen atoms in total. The van der Waals surface area contributed by atoms with Crippen molar-refractivity contribution in [1.29, 1.82) is 0 Å². The van der Waals surface area contributed by atoms with Crippen LogP contribution in [0.5, 0.6) is 5.75 Å². The van der Waals surface area contributed by atoms with Crippen molar-refractivity contribution in [3.63, 3.8) is 0 Å². The summed E-state index contributed by atoms with van der Waals surface area (Å²) in [4.78, 5) is 37.2. The summed E-state index contributed by atoms with van der Waals surface area (Å²) in [7, 11) is 1.26. The van der Waals surface area contributed by atoms with E-state index in [1.165, 1.54) is 7.11 Å². The van der Waals surface area contributed by atoms with Crippen molar-refractivity contribution in [3.05, 3.63) is 86.4 Å². The number of halogens is 2. The predicted molar refractivity (Wildman–Crippen MR) is 146 cm³/mol. The lowest BCUT2D eigenvalue weighted by molar-refractivity contribution is -0.144. The number of carbonyl (C=O) groups excluding carboxylic acids is 2. The number of aliphatic carboxylic acids is 1. The summed E-state index contributed by atoms with van der Waals surface area (Å²) >= 11 is 12.4. The highest BCUT2D eigenvalue weighted by molar-refractivity contribution is 6.35. The van der Waals surface area contributed by atoms with Crippen LogP contribution in [0.1, 0.15) is 44.7 Å². The maximum atomic E-state index is 13.4. The number of ether oxygens (including phenoxy) is 2. The number of allylic oxidation sites excluding steroid dienone is 2. The number of esters is 1. The van der Waals surface area contributed by atoms with Gasteiger partial charge in [-0.2, -0.15) is 0 Å². The molecule has 0 fully saturated rings. The Morgan fingerprint density at radius 3 is 2.32 bits per heavy atom. The van der Waals surface area contributed by atoms with E-state index in [0.717, 1.165) is 11.6 Å². The van der Waals surface area contributed by atoms with E-state index in [-0.39, 0.29) is 13.0 Å². The van der Waals surface area contributed by atoms with E-state index in [4.69, 9.17) is 32.7 Å². The van der Waals surface area contributed by atoms with Gasteiger partial charge in [0.15, 0.2) is 0 Å². The molecule has 1 aliphatic rings. The number of methoxy groups -OCH3 is 1. The second kappa shape index (κ2) is 12.5. The van der Waals surface area contributed by atoms with E-state index >= 15 is 0 Å². The van der Waals surface area contributed by atoms with Gasteiger partial charge < -0.3 is 19.9 Å². The van der Waals surface area contributed by atoms with Crippen molar-refractivity contribution in [2.45, 2.75) is 52.7 Å². The van der Waals surface area contributed by atoms with Crippen LogP contribution in [0.4, 0.5) is 0 Å². The molecule has 0 aliphatic heterocycles. The zero-order valence-electron chi connectivity index (χ0n) is 21.8. The smallest absolute Gasteiger partial charge is 0.328 e. The number of amides is 1. The molecule has 1 aliphatic carbocycles. The van der Waals surface area contributed by atoms with E-state index in [1.54, 1.807) is 49.4 Å².